The molecule has 1 aromatic heterocycles. The van der Waals surface area contributed by atoms with E-state index in [0.717, 1.165) is 0 Å². The van der Waals surface area contributed by atoms with Crippen molar-refractivity contribution in [3.05, 3.63) is 41.8 Å². The smallest absolute Gasteiger partial charge is 0.360 e. The van der Waals surface area contributed by atoms with E-state index in [-0.39, 0.29) is 11.5 Å². The first-order valence-electron chi connectivity index (χ1n) is 4.51. The minimum atomic E-state index is -0.591. The molecule has 0 bridgehead atoms. The van der Waals surface area contributed by atoms with Gasteiger partial charge >= 0.3 is 5.97 Å². The molecule has 4 nitrogen and oxygen atoms in total. The predicted octanol–water partition coefficient (Wildman–Crippen LogP) is 2.27. The average molecular weight is 221 g/mol. The maximum Gasteiger partial charge on any atom is 0.360 e. The minimum absolute atomic E-state index is 0.0572. The van der Waals surface area contributed by atoms with E-state index in [1.165, 1.54) is 25.3 Å². The molecule has 0 amide bonds. The van der Waals surface area contributed by atoms with Crippen molar-refractivity contribution in [2.75, 3.05) is 7.11 Å². The number of rotatable bonds is 2. The molecule has 1 heterocycles. The fourth-order valence-electron chi connectivity index (χ4n) is 1.25. The zero-order chi connectivity index (χ0) is 11.5. The van der Waals surface area contributed by atoms with Crippen molar-refractivity contribution >= 4 is 5.97 Å². The molecule has 0 unspecified atom stereocenters. The molecule has 0 aliphatic rings. The molecule has 82 valence electrons. The monoisotopic (exact) mass is 221 g/mol. The second kappa shape index (κ2) is 4.14. The van der Waals surface area contributed by atoms with Crippen molar-refractivity contribution in [2.45, 2.75) is 0 Å². The summed E-state index contributed by atoms with van der Waals surface area (Å²) in [5, 5.41) is 3.52. The van der Waals surface area contributed by atoms with Gasteiger partial charge in [-0.05, 0) is 12.1 Å². The molecule has 1 aromatic carbocycles. The third kappa shape index (κ3) is 1.93. The number of nitrogens with zero attached hydrogens (tertiary/aromatic N) is 1. The average Bonchev–Trinajstić information content (AvgIpc) is 2.77. The van der Waals surface area contributed by atoms with Gasteiger partial charge in [0, 0.05) is 11.6 Å². The standard InChI is InChI=1S/C11H8FNO3/c1-15-11(14)9-6-10(16-13-9)7-3-2-4-8(12)5-7/h2-6H,1H3. The highest BCUT2D eigenvalue weighted by Gasteiger charge is 2.13. The Morgan fingerprint density at radius 1 is 1.44 bits per heavy atom. The van der Waals surface area contributed by atoms with E-state index < -0.39 is 5.97 Å². The number of aromatic nitrogens is 1. The molecule has 0 aliphatic carbocycles. The van der Waals surface area contributed by atoms with Crippen molar-refractivity contribution in [1.29, 1.82) is 0 Å². The molecule has 0 saturated carbocycles. The van der Waals surface area contributed by atoms with Gasteiger partial charge in [0.25, 0.3) is 0 Å². The van der Waals surface area contributed by atoms with E-state index in [1.54, 1.807) is 12.1 Å². The molecular weight excluding hydrogens is 213 g/mol. The Labute approximate surface area is 90.6 Å². The van der Waals surface area contributed by atoms with Gasteiger partial charge in [-0.3, -0.25) is 0 Å². The molecule has 16 heavy (non-hydrogen) atoms. The Morgan fingerprint density at radius 3 is 2.94 bits per heavy atom. The molecule has 0 atom stereocenters. The lowest BCUT2D eigenvalue weighted by Crippen LogP contribution is -2.00. The highest BCUT2D eigenvalue weighted by Crippen LogP contribution is 2.21. The number of halogens is 1. The van der Waals surface area contributed by atoms with Crippen molar-refractivity contribution < 1.29 is 18.4 Å². The number of hydrogen-bond acceptors (Lipinski definition) is 4. The Morgan fingerprint density at radius 2 is 2.25 bits per heavy atom. The summed E-state index contributed by atoms with van der Waals surface area (Å²) >= 11 is 0. The zero-order valence-electron chi connectivity index (χ0n) is 8.44. The first-order valence-corrected chi connectivity index (χ1v) is 4.51. The summed E-state index contributed by atoms with van der Waals surface area (Å²) in [4.78, 5) is 11.1. The summed E-state index contributed by atoms with van der Waals surface area (Å²) in [5.41, 5.74) is 0.574. The van der Waals surface area contributed by atoms with Crippen molar-refractivity contribution in [3.63, 3.8) is 0 Å². The Hall–Kier alpha value is -2.17. The Bertz CT molecular complexity index is 521. The van der Waals surface area contributed by atoms with Gasteiger partial charge in [0.15, 0.2) is 11.5 Å². The molecule has 2 rings (SSSR count). The number of ether oxygens (including phenoxy) is 1. The van der Waals surface area contributed by atoms with Gasteiger partial charge in [0.2, 0.25) is 0 Å². The minimum Gasteiger partial charge on any atom is -0.464 e. The van der Waals surface area contributed by atoms with Crippen LogP contribution in [0.25, 0.3) is 11.3 Å². The van der Waals surface area contributed by atoms with E-state index >= 15 is 0 Å². The SMILES string of the molecule is COC(=O)c1cc(-c2cccc(F)c2)on1. The van der Waals surface area contributed by atoms with Crippen molar-refractivity contribution in [1.82, 2.24) is 5.16 Å². The Kier molecular flexibility index (Phi) is 2.68. The molecule has 0 N–H and O–H groups in total. The molecule has 5 heteroatoms. The van der Waals surface area contributed by atoms with Gasteiger partial charge in [-0.2, -0.15) is 0 Å². The van der Waals surface area contributed by atoms with Crippen LogP contribution in [0, 0.1) is 5.82 Å². The summed E-state index contributed by atoms with van der Waals surface area (Å²) in [5.74, 6) is -0.653. The van der Waals surface area contributed by atoms with Gasteiger partial charge in [-0.15, -0.1) is 0 Å². The highest BCUT2D eigenvalue weighted by atomic mass is 19.1. The Balaban J connectivity index is 2.35. The fourth-order valence-corrected chi connectivity index (χ4v) is 1.25. The van der Waals surface area contributed by atoms with Gasteiger partial charge < -0.3 is 9.26 Å². The van der Waals surface area contributed by atoms with Crippen LogP contribution in [-0.4, -0.2) is 18.2 Å². The van der Waals surface area contributed by atoms with Gasteiger partial charge in [-0.25, -0.2) is 9.18 Å². The van der Waals surface area contributed by atoms with Crippen molar-refractivity contribution in [3.8, 4) is 11.3 Å². The number of benzene rings is 1. The molecule has 0 fully saturated rings. The van der Waals surface area contributed by atoms with Gasteiger partial charge in [0.1, 0.15) is 5.82 Å². The lowest BCUT2D eigenvalue weighted by Gasteiger charge is -1.93. The van der Waals surface area contributed by atoms with Crippen LogP contribution in [0.15, 0.2) is 34.9 Å². The summed E-state index contributed by atoms with van der Waals surface area (Å²) < 4.78 is 22.3. The summed E-state index contributed by atoms with van der Waals surface area (Å²) in [6.07, 6.45) is 0. The maximum atomic E-state index is 12.9. The second-order valence-electron chi connectivity index (χ2n) is 3.08. The lowest BCUT2D eigenvalue weighted by molar-refractivity contribution is 0.0589. The summed E-state index contributed by atoms with van der Waals surface area (Å²) in [6.45, 7) is 0. The zero-order valence-corrected chi connectivity index (χ0v) is 8.44. The molecule has 0 spiro atoms. The molecule has 0 aliphatic heterocycles. The topological polar surface area (TPSA) is 52.3 Å². The van der Waals surface area contributed by atoms with E-state index in [2.05, 4.69) is 9.89 Å². The third-order valence-electron chi connectivity index (χ3n) is 2.01. The third-order valence-corrected chi connectivity index (χ3v) is 2.01. The van der Waals surface area contributed by atoms with Crippen LogP contribution < -0.4 is 0 Å². The number of hydrogen-bond donors (Lipinski definition) is 0. The van der Waals surface area contributed by atoms with E-state index in [9.17, 15) is 9.18 Å². The first kappa shape index (κ1) is 10.4. The largest absolute Gasteiger partial charge is 0.464 e. The van der Waals surface area contributed by atoms with Crippen molar-refractivity contribution in [2.24, 2.45) is 0 Å². The molecule has 0 saturated heterocycles. The van der Waals surface area contributed by atoms with Gasteiger partial charge in [-0.1, -0.05) is 17.3 Å². The van der Waals surface area contributed by atoms with Crippen LogP contribution in [-0.2, 0) is 4.74 Å². The molecular formula is C11H8FNO3. The van der Waals surface area contributed by atoms with E-state index in [1.807, 2.05) is 0 Å². The normalized spacial score (nSPS) is 10.1. The van der Waals surface area contributed by atoms with Crippen LogP contribution in [0.2, 0.25) is 0 Å². The number of esters is 1. The van der Waals surface area contributed by atoms with Crippen LogP contribution >= 0.6 is 0 Å². The van der Waals surface area contributed by atoms with E-state index in [4.69, 9.17) is 4.52 Å². The highest BCUT2D eigenvalue weighted by molar-refractivity contribution is 5.88. The quantitative estimate of drug-likeness (QED) is 0.730. The molecule has 0 radical (unpaired) electrons. The maximum absolute atomic E-state index is 12.9. The summed E-state index contributed by atoms with van der Waals surface area (Å²) in [7, 11) is 1.25. The number of carbonyl (C=O) groups excluding carboxylic acids is 1. The van der Waals surface area contributed by atoms with Crippen LogP contribution in [0.5, 0.6) is 0 Å². The van der Waals surface area contributed by atoms with Crippen LogP contribution in [0.1, 0.15) is 10.5 Å². The number of carbonyl (C=O) groups is 1. The summed E-state index contributed by atoms with van der Waals surface area (Å²) in [6, 6.07) is 7.22. The lowest BCUT2D eigenvalue weighted by atomic mass is 10.1. The van der Waals surface area contributed by atoms with Gasteiger partial charge in [0.05, 0.1) is 7.11 Å². The molecule has 2 aromatic rings. The predicted molar refractivity (Wildman–Crippen MR) is 53.2 cm³/mol. The fraction of sp³-hybridized carbons (Fsp3) is 0.0909. The van der Waals surface area contributed by atoms with E-state index in [0.29, 0.717) is 11.3 Å². The second-order valence-corrected chi connectivity index (χ2v) is 3.08. The van der Waals surface area contributed by atoms with Crippen LogP contribution in [0.4, 0.5) is 4.39 Å². The first-order chi connectivity index (χ1) is 7.70. The number of methoxy groups -OCH3 is 1. The van der Waals surface area contributed by atoms with Crippen LogP contribution in [0.3, 0.4) is 0 Å².